The van der Waals surface area contributed by atoms with Gasteiger partial charge in [-0.2, -0.15) is 0 Å². The first-order valence-corrected chi connectivity index (χ1v) is 10.3. The number of sulfonamides is 1. The van der Waals surface area contributed by atoms with Crippen molar-refractivity contribution >= 4 is 15.9 Å². The van der Waals surface area contributed by atoms with E-state index >= 15 is 0 Å². The Morgan fingerprint density at radius 2 is 1.92 bits per heavy atom. The lowest BCUT2D eigenvalue weighted by molar-refractivity contribution is -0.139. The third-order valence-electron chi connectivity index (χ3n) is 5.30. The Kier molecular flexibility index (Phi) is 4.66. The lowest BCUT2D eigenvalue weighted by Gasteiger charge is -2.46. The largest absolute Gasteiger partial charge is 0.336 e. The molecule has 0 aliphatic carbocycles. The molecule has 0 saturated carbocycles. The van der Waals surface area contributed by atoms with Crippen LogP contribution in [0.5, 0.6) is 0 Å². The lowest BCUT2D eigenvalue weighted by atomic mass is 9.72. The second kappa shape index (κ2) is 6.44. The molecule has 0 radical (unpaired) electrons. The molecule has 24 heavy (non-hydrogen) atoms. The molecule has 0 unspecified atom stereocenters. The topological polar surface area (TPSA) is 70.6 Å². The first-order valence-electron chi connectivity index (χ1n) is 8.43. The SMILES string of the molecule is Cc1cccc(CN2CC3(CCC2=O)CCN(S(C)(=O)=O)CC3)n1. The van der Waals surface area contributed by atoms with Gasteiger partial charge in [-0.25, -0.2) is 12.7 Å². The second-order valence-electron chi connectivity index (χ2n) is 7.18. The highest BCUT2D eigenvalue weighted by Gasteiger charge is 2.42. The van der Waals surface area contributed by atoms with Crippen LogP contribution in [0.15, 0.2) is 18.2 Å². The Morgan fingerprint density at radius 3 is 2.54 bits per heavy atom. The summed E-state index contributed by atoms with van der Waals surface area (Å²) >= 11 is 0. The van der Waals surface area contributed by atoms with Crippen LogP contribution >= 0.6 is 0 Å². The van der Waals surface area contributed by atoms with Gasteiger partial charge < -0.3 is 4.90 Å². The van der Waals surface area contributed by atoms with Gasteiger partial charge in [0, 0.05) is 31.7 Å². The molecule has 6 nitrogen and oxygen atoms in total. The fraction of sp³-hybridized carbons (Fsp3) is 0.647. The van der Waals surface area contributed by atoms with E-state index < -0.39 is 10.0 Å². The van der Waals surface area contributed by atoms with Crippen LogP contribution in [-0.4, -0.2) is 54.4 Å². The van der Waals surface area contributed by atoms with Crippen molar-refractivity contribution in [1.29, 1.82) is 0 Å². The van der Waals surface area contributed by atoms with E-state index in [9.17, 15) is 13.2 Å². The number of aryl methyl sites for hydroxylation is 1. The Labute approximate surface area is 143 Å². The van der Waals surface area contributed by atoms with Gasteiger partial charge in [0.25, 0.3) is 0 Å². The molecule has 0 N–H and O–H groups in total. The van der Waals surface area contributed by atoms with E-state index in [2.05, 4.69) is 4.98 Å². The number of carbonyl (C=O) groups excluding carboxylic acids is 1. The summed E-state index contributed by atoms with van der Waals surface area (Å²) in [5.74, 6) is 0.175. The summed E-state index contributed by atoms with van der Waals surface area (Å²) in [4.78, 5) is 18.7. The van der Waals surface area contributed by atoms with Gasteiger partial charge in [0.15, 0.2) is 0 Å². The molecule has 0 aromatic carbocycles. The van der Waals surface area contributed by atoms with E-state index in [0.717, 1.165) is 30.7 Å². The van der Waals surface area contributed by atoms with Gasteiger partial charge in [0.05, 0.1) is 18.5 Å². The molecule has 2 fully saturated rings. The van der Waals surface area contributed by atoms with E-state index in [1.54, 1.807) is 4.31 Å². The maximum absolute atomic E-state index is 12.3. The summed E-state index contributed by atoms with van der Waals surface area (Å²) in [5, 5.41) is 0. The van der Waals surface area contributed by atoms with Crippen molar-refractivity contribution in [1.82, 2.24) is 14.2 Å². The number of aromatic nitrogens is 1. The number of carbonyl (C=O) groups is 1. The van der Waals surface area contributed by atoms with Gasteiger partial charge in [0.2, 0.25) is 15.9 Å². The average Bonchev–Trinajstić information content (AvgIpc) is 2.51. The minimum absolute atomic E-state index is 0.0545. The number of nitrogens with zero attached hydrogens (tertiary/aromatic N) is 3. The van der Waals surface area contributed by atoms with Crippen LogP contribution < -0.4 is 0 Å². The third kappa shape index (κ3) is 3.78. The second-order valence-corrected chi connectivity index (χ2v) is 9.16. The number of hydrogen-bond donors (Lipinski definition) is 0. The highest BCUT2D eigenvalue weighted by molar-refractivity contribution is 7.88. The van der Waals surface area contributed by atoms with Crippen molar-refractivity contribution in [3.63, 3.8) is 0 Å². The molecule has 0 bridgehead atoms. The quantitative estimate of drug-likeness (QED) is 0.828. The van der Waals surface area contributed by atoms with Gasteiger partial charge in [-0.15, -0.1) is 0 Å². The zero-order chi connectivity index (χ0) is 17.4. The van der Waals surface area contributed by atoms with Crippen molar-refractivity contribution in [2.24, 2.45) is 5.41 Å². The molecule has 2 aliphatic heterocycles. The Balaban J connectivity index is 1.69. The van der Waals surface area contributed by atoms with Crippen LogP contribution in [0.3, 0.4) is 0 Å². The van der Waals surface area contributed by atoms with Crippen LogP contribution in [0.4, 0.5) is 0 Å². The van der Waals surface area contributed by atoms with Gasteiger partial charge >= 0.3 is 0 Å². The van der Waals surface area contributed by atoms with Gasteiger partial charge in [-0.3, -0.25) is 9.78 Å². The van der Waals surface area contributed by atoms with E-state index in [1.165, 1.54) is 6.26 Å². The minimum atomic E-state index is -3.12. The van der Waals surface area contributed by atoms with Crippen LogP contribution in [0.1, 0.15) is 37.1 Å². The van der Waals surface area contributed by atoms with Crippen molar-refractivity contribution < 1.29 is 13.2 Å². The standard InChI is InChI=1S/C17H25N3O3S/c1-14-4-3-5-15(18-14)12-19-13-17(7-6-16(19)21)8-10-20(11-9-17)24(2,22)23/h3-5H,6-13H2,1-2H3. The fourth-order valence-electron chi connectivity index (χ4n) is 3.83. The van der Waals surface area contributed by atoms with Crippen LogP contribution in [0.25, 0.3) is 0 Å². The summed E-state index contributed by atoms with van der Waals surface area (Å²) < 4.78 is 25.0. The van der Waals surface area contributed by atoms with E-state index in [4.69, 9.17) is 0 Å². The maximum atomic E-state index is 12.3. The molecule has 132 valence electrons. The van der Waals surface area contributed by atoms with Gasteiger partial charge in [-0.05, 0) is 43.7 Å². The van der Waals surface area contributed by atoms with E-state index in [0.29, 0.717) is 32.6 Å². The first kappa shape index (κ1) is 17.4. The monoisotopic (exact) mass is 351 g/mol. The summed E-state index contributed by atoms with van der Waals surface area (Å²) in [6.07, 6.45) is 4.33. The molecule has 7 heteroatoms. The van der Waals surface area contributed by atoms with Crippen LogP contribution in [0.2, 0.25) is 0 Å². The fourth-order valence-corrected chi connectivity index (χ4v) is 4.68. The molecule has 3 heterocycles. The highest BCUT2D eigenvalue weighted by atomic mass is 32.2. The van der Waals surface area contributed by atoms with Crippen LogP contribution in [0, 0.1) is 12.3 Å². The Hall–Kier alpha value is -1.47. The number of amides is 1. The number of likely N-dealkylation sites (tertiary alicyclic amines) is 1. The normalized spacial score (nSPS) is 22.1. The molecule has 3 rings (SSSR count). The average molecular weight is 351 g/mol. The van der Waals surface area contributed by atoms with Crippen molar-refractivity contribution in [2.75, 3.05) is 25.9 Å². The number of hydrogen-bond acceptors (Lipinski definition) is 4. The van der Waals surface area contributed by atoms with Gasteiger partial charge in [0.1, 0.15) is 0 Å². The molecule has 2 aliphatic rings. The summed E-state index contributed by atoms with van der Waals surface area (Å²) in [7, 11) is -3.12. The van der Waals surface area contributed by atoms with Crippen molar-refractivity contribution in [3.8, 4) is 0 Å². The molecular weight excluding hydrogens is 326 g/mol. The minimum Gasteiger partial charge on any atom is -0.336 e. The highest BCUT2D eigenvalue weighted by Crippen LogP contribution is 2.40. The summed E-state index contributed by atoms with van der Waals surface area (Å²) in [6, 6.07) is 5.87. The third-order valence-corrected chi connectivity index (χ3v) is 6.60. The van der Waals surface area contributed by atoms with Crippen molar-refractivity contribution in [2.45, 2.75) is 39.2 Å². The van der Waals surface area contributed by atoms with Gasteiger partial charge in [-0.1, -0.05) is 6.07 Å². The maximum Gasteiger partial charge on any atom is 0.222 e. The Morgan fingerprint density at radius 1 is 1.21 bits per heavy atom. The first-order chi connectivity index (χ1) is 11.3. The van der Waals surface area contributed by atoms with E-state index in [-0.39, 0.29) is 11.3 Å². The van der Waals surface area contributed by atoms with E-state index in [1.807, 2.05) is 30.0 Å². The molecule has 1 spiro atoms. The molecule has 1 aromatic rings. The summed E-state index contributed by atoms with van der Waals surface area (Å²) in [5.41, 5.74) is 1.92. The number of rotatable bonds is 3. The zero-order valence-electron chi connectivity index (χ0n) is 14.4. The summed E-state index contributed by atoms with van der Waals surface area (Å²) in [6.45, 7) is 4.31. The molecule has 2 saturated heterocycles. The predicted molar refractivity (Wildman–Crippen MR) is 91.7 cm³/mol. The number of pyridine rings is 1. The molecule has 0 atom stereocenters. The van der Waals surface area contributed by atoms with Crippen LogP contribution in [-0.2, 0) is 21.4 Å². The Bertz CT molecular complexity index is 724. The molecular formula is C17H25N3O3S. The van der Waals surface area contributed by atoms with Crippen molar-refractivity contribution in [3.05, 3.63) is 29.6 Å². The number of piperidine rings is 2. The molecule has 1 amide bonds. The lowest BCUT2D eigenvalue weighted by Crippen LogP contribution is -2.51. The predicted octanol–water partition coefficient (Wildman–Crippen LogP) is 1.55. The smallest absolute Gasteiger partial charge is 0.222 e. The molecule has 1 aromatic heterocycles. The zero-order valence-corrected chi connectivity index (χ0v) is 15.2.